The number of carbonyl (C=O) groups excluding carboxylic acids is 2. The minimum atomic E-state index is -0.532. The molecule has 0 saturated carbocycles. The molecule has 0 saturated heterocycles. The maximum atomic E-state index is 12.8. The molecule has 1 aromatic heterocycles. The predicted octanol–water partition coefficient (Wildman–Crippen LogP) is 3.82. The molecule has 4 rings (SSSR count). The summed E-state index contributed by atoms with van der Waals surface area (Å²) in [5, 5.41) is 4.55. The normalized spacial score (nSPS) is 13.9. The Morgan fingerprint density at radius 2 is 1.69 bits per heavy atom. The molecule has 2 aromatic carbocycles. The lowest BCUT2D eigenvalue weighted by Crippen LogP contribution is -2.41. The van der Waals surface area contributed by atoms with Gasteiger partial charge in [0.25, 0.3) is 5.91 Å². The van der Waals surface area contributed by atoms with Gasteiger partial charge < -0.3 is 9.15 Å². The van der Waals surface area contributed by atoms with E-state index in [-0.39, 0.29) is 5.76 Å². The average Bonchev–Trinajstić information content (AvgIpc) is 3.18. The number of ether oxygens (including phenoxy) is 1. The zero-order valence-corrected chi connectivity index (χ0v) is 17.9. The van der Waals surface area contributed by atoms with E-state index in [0.717, 1.165) is 42.0 Å². The second-order valence-corrected chi connectivity index (χ2v) is 7.35. The molecule has 0 atom stereocenters. The fraction of sp³-hybridized carbons (Fsp3) is 0.208. The summed E-state index contributed by atoms with van der Waals surface area (Å²) in [5.74, 6) is 0.276. The predicted molar refractivity (Wildman–Crippen MR) is 121 cm³/mol. The number of carbonyl (C=O) groups is 2. The van der Waals surface area contributed by atoms with Gasteiger partial charge in [0.2, 0.25) is 0 Å². The van der Waals surface area contributed by atoms with Gasteiger partial charge in [-0.05, 0) is 44.0 Å². The number of hydrazine groups is 1. The highest BCUT2D eigenvalue weighted by Gasteiger charge is 2.28. The van der Waals surface area contributed by atoms with Crippen LogP contribution < -0.4 is 21.0 Å². The van der Waals surface area contributed by atoms with E-state index in [4.69, 9.17) is 9.15 Å². The van der Waals surface area contributed by atoms with Gasteiger partial charge in [-0.2, -0.15) is 5.10 Å². The Labute approximate surface area is 185 Å². The molecule has 0 radical (unpaired) electrons. The molecule has 0 bridgehead atoms. The van der Waals surface area contributed by atoms with Crippen molar-refractivity contribution in [1.82, 2.24) is 10.9 Å². The van der Waals surface area contributed by atoms with Gasteiger partial charge in [-0.25, -0.2) is 0 Å². The van der Waals surface area contributed by atoms with E-state index in [1.54, 1.807) is 24.3 Å². The number of hydrogen-bond acceptors (Lipinski definition) is 6. The summed E-state index contributed by atoms with van der Waals surface area (Å²) < 4.78 is 11.1. The van der Waals surface area contributed by atoms with Crippen molar-refractivity contribution in [2.24, 2.45) is 5.10 Å². The Morgan fingerprint density at radius 1 is 0.969 bits per heavy atom. The number of hydrogen-bond donors (Lipinski definition) is 3. The van der Waals surface area contributed by atoms with Gasteiger partial charge in [-0.15, -0.1) is 0 Å². The third kappa shape index (κ3) is 4.34. The molecule has 3 N–H and O–H groups in total. The molecule has 0 spiro atoms. The lowest BCUT2D eigenvalue weighted by molar-refractivity contribution is 0.0827. The number of amides is 2. The maximum Gasteiger partial charge on any atom is 0.305 e. The fourth-order valence-electron chi connectivity index (χ4n) is 3.71. The van der Waals surface area contributed by atoms with Gasteiger partial charge in [0.05, 0.1) is 24.1 Å². The third-order valence-electron chi connectivity index (χ3n) is 5.27. The summed E-state index contributed by atoms with van der Waals surface area (Å²) in [7, 11) is 1.48. The SMILES string of the molecule is COc1ccccc1C(=O)NNC(=O)c1oc2c(c1C)/C(=N/Nc1ccccc1)CCC2. The maximum absolute atomic E-state index is 12.8. The van der Waals surface area contributed by atoms with E-state index >= 15 is 0 Å². The Bertz CT molecular complexity index is 1170. The molecule has 32 heavy (non-hydrogen) atoms. The van der Waals surface area contributed by atoms with Crippen LogP contribution in [0.25, 0.3) is 0 Å². The van der Waals surface area contributed by atoms with Crippen molar-refractivity contribution in [3.8, 4) is 5.75 Å². The van der Waals surface area contributed by atoms with Crippen molar-refractivity contribution in [2.45, 2.75) is 26.2 Å². The molecule has 0 unspecified atom stereocenters. The first kappa shape index (κ1) is 21.2. The molecule has 2 amide bonds. The minimum absolute atomic E-state index is 0.157. The van der Waals surface area contributed by atoms with Crippen LogP contribution in [0.15, 0.2) is 64.1 Å². The van der Waals surface area contributed by atoms with Crippen LogP contribution in [-0.2, 0) is 6.42 Å². The molecule has 1 aliphatic carbocycles. The smallest absolute Gasteiger partial charge is 0.305 e. The monoisotopic (exact) mass is 432 g/mol. The first-order valence-corrected chi connectivity index (χ1v) is 10.3. The number of anilines is 1. The number of fused-ring (bicyclic) bond motifs is 1. The van der Waals surface area contributed by atoms with Crippen LogP contribution in [0, 0.1) is 6.92 Å². The molecular weight excluding hydrogens is 408 g/mol. The molecule has 8 nitrogen and oxygen atoms in total. The van der Waals surface area contributed by atoms with Crippen molar-refractivity contribution in [3.63, 3.8) is 0 Å². The molecule has 0 fully saturated rings. The Balaban J connectivity index is 1.50. The van der Waals surface area contributed by atoms with Crippen LogP contribution >= 0.6 is 0 Å². The summed E-state index contributed by atoms with van der Waals surface area (Å²) in [6.07, 6.45) is 2.38. The second kappa shape index (κ2) is 9.38. The summed E-state index contributed by atoms with van der Waals surface area (Å²) >= 11 is 0. The van der Waals surface area contributed by atoms with Crippen LogP contribution in [0.5, 0.6) is 5.75 Å². The molecule has 0 aliphatic heterocycles. The lowest BCUT2D eigenvalue weighted by Gasteiger charge is -2.13. The number of methoxy groups -OCH3 is 1. The Hall–Kier alpha value is -4.07. The first-order valence-electron chi connectivity index (χ1n) is 10.3. The third-order valence-corrected chi connectivity index (χ3v) is 5.27. The van der Waals surface area contributed by atoms with Gasteiger partial charge in [0.15, 0.2) is 5.76 Å². The first-order chi connectivity index (χ1) is 15.6. The molecular formula is C24H24N4O4. The zero-order valence-electron chi connectivity index (χ0n) is 17.9. The minimum Gasteiger partial charge on any atom is -0.496 e. The topological polar surface area (TPSA) is 105 Å². The van der Waals surface area contributed by atoms with Gasteiger partial charge in [-0.1, -0.05) is 30.3 Å². The standard InChI is InChI=1S/C24H24N4O4/c1-15-21-18(26-25-16-9-4-3-5-10-16)12-8-14-20(21)32-22(15)24(30)28-27-23(29)17-11-6-7-13-19(17)31-2/h3-7,9-11,13,25H,8,12,14H2,1-2H3,(H,27,29)(H,28,30)/b26-18+. The van der Waals surface area contributed by atoms with Crippen LogP contribution in [0.2, 0.25) is 0 Å². The molecule has 1 aliphatic rings. The van der Waals surface area contributed by atoms with E-state index in [2.05, 4.69) is 21.4 Å². The summed E-state index contributed by atoms with van der Waals surface area (Å²) in [6.45, 7) is 1.82. The van der Waals surface area contributed by atoms with Crippen LogP contribution in [0.3, 0.4) is 0 Å². The van der Waals surface area contributed by atoms with Crippen molar-refractivity contribution < 1.29 is 18.7 Å². The number of nitrogens with one attached hydrogen (secondary N) is 3. The van der Waals surface area contributed by atoms with Gasteiger partial charge >= 0.3 is 5.91 Å². The van der Waals surface area contributed by atoms with Crippen molar-refractivity contribution in [1.29, 1.82) is 0 Å². The second-order valence-electron chi connectivity index (χ2n) is 7.35. The van der Waals surface area contributed by atoms with Gasteiger partial charge in [0, 0.05) is 17.5 Å². The number of furan rings is 1. The van der Waals surface area contributed by atoms with Crippen LogP contribution in [0.1, 0.15) is 50.6 Å². The highest BCUT2D eigenvalue weighted by molar-refractivity contribution is 6.07. The van der Waals surface area contributed by atoms with Crippen LogP contribution in [0.4, 0.5) is 5.69 Å². The summed E-state index contributed by atoms with van der Waals surface area (Å²) in [5.41, 5.74) is 11.5. The van der Waals surface area contributed by atoms with E-state index < -0.39 is 11.8 Å². The highest BCUT2D eigenvalue weighted by atomic mass is 16.5. The van der Waals surface area contributed by atoms with E-state index in [1.807, 2.05) is 37.3 Å². The highest BCUT2D eigenvalue weighted by Crippen LogP contribution is 2.30. The van der Waals surface area contributed by atoms with Crippen molar-refractivity contribution >= 4 is 23.2 Å². The average molecular weight is 432 g/mol. The number of hydrazone groups is 1. The molecule has 1 heterocycles. The number of rotatable bonds is 5. The van der Waals surface area contributed by atoms with Crippen molar-refractivity contribution in [3.05, 3.63) is 82.8 Å². The fourth-order valence-corrected chi connectivity index (χ4v) is 3.71. The molecule has 8 heteroatoms. The van der Waals surface area contributed by atoms with E-state index in [1.165, 1.54) is 7.11 Å². The van der Waals surface area contributed by atoms with E-state index in [0.29, 0.717) is 16.9 Å². The van der Waals surface area contributed by atoms with Crippen molar-refractivity contribution in [2.75, 3.05) is 12.5 Å². The summed E-state index contributed by atoms with van der Waals surface area (Å²) in [4.78, 5) is 25.2. The number of nitrogens with zero attached hydrogens (tertiary/aromatic N) is 1. The van der Waals surface area contributed by atoms with Crippen LogP contribution in [-0.4, -0.2) is 24.6 Å². The lowest BCUT2D eigenvalue weighted by atomic mass is 9.93. The van der Waals surface area contributed by atoms with Gasteiger partial charge in [0.1, 0.15) is 11.5 Å². The quantitative estimate of drug-likeness (QED) is 0.532. The largest absolute Gasteiger partial charge is 0.496 e. The molecule has 3 aromatic rings. The van der Waals surface area contributed by atoms with Gasteiger partial charge in [-0.3, -0.25) is 25.9 Å². The number of para-hydroxylation sites is 2. The number of benzene rings is 2. The Kier molecular flexibility index (Phi) is 6.21. The number of aryl methyl sites for hydroxylation is 1. The zero-order chi connectivity index (χ0) is 22.5. The van der Waals surface area contributed by atoms with E-state index in [9.17, 15) is 9.59 Å². The molecule has 164 valence electrons. The summed E-state index contributed by atoms with van der Waals surface area (Å²) in [6, 6.07) is 16.4. The Morgan fingerprint density at radius 3 is 2.47 bits per heavy atom.